The molecule has 0 bridgehead atoms. The molecule has 0 radical (unpaired) electrons. The lowest BCUT2D eigenvalue weighted by Crippen LogP contribution is -2.40. The highest BCUT2D eigenvalue weighted by molar-refractivity contribution is 4.86. The van der Waals surface area contributed by atoms with E-state index in [1.807, 2.05) is 0 Å². The fraction of sp³-hybridized carbons (Fsp3) is 1.00. The van der Waals surface area contributed by atoms with Crippen LogP contribution in [-0.2, 0) is 4.74 Å². The van der Waals surface area contributed by atoms with Gasteiger partial charge < -0.3 is 10.5 Å². The number of hydrogen-bond donors (Lipinski definition) is 1. The summed E-state index contributed by atoms with van der Waals surface area (Å²) in [5.74, 6) is 2.74. The van der Waals surface area contributed by atoms with Crippen molar-refractivity contribution < 1.29 is 4.74 Å². The molecule has 4 atom stereocenters. The minimum absolute atomic E-state index is 0.276. The number of nitrogens with two attached hydrogens (primary N) is 1. The molecule has 0 aromatic heterocycles. The highest BCUT2D eigenvalue weighted by atomic mass is 16.5. The summed E-state index contributed by atoms with van der Waals surface area (Å²) in [6.45, 7) is 0.738. The first-order valence-electron chi connectivity index (χ1n) is 6.55. The molecule has 0 spiro atoms. The Kier molecular flexibility index (Phi) is 4.04. The van der Waals surface area contributed by atoms with Gasteiger partial charge in [0.1, 0.15) is 0 Å². The van der Waals surface area contributed by atoms with Gasteiger partial charge in [0, 0.05) is 13.2 Å². The third kappa shape index (κ3) is 2.73. The van der Waals surface area contributed by atoms with Crippen LogP contribution in [0.4, 0.5) is 0 Å². The summed E-state index contributed by atoms with van der Waals surface area (Å²) >= 11 is 0. The number of methoxy groups -OCH3 is 1. The predicted octanol–water partition coefficient (Wildman–Crippen LogP) is 2.57. The maximum absolute atomic E-state index is 6.16. The number of hydrogen-bond acceptors (Lipinski definition) is 2. The Morgan fingerprint density at radius 2 is 1.87 bits per heavy atom. The Hall–Kier alpha value is -0.0800. The molecule has 15 heavy (non-hydrogen) atoms. The van der Waals surface area contributed by atoms with Gasteiger partial charge in [0.05, 0.1) is 6.61 Å². The van der Waals surface area contributed by atoms with E-state index >= 15 is 0 Å². The third-order valence-corrected chi connectivity index (χ3v) is 4.54. The molecule has 0 aromatic carbocycles. The second kappa shape index (κ2) is 5.31. The summed E-state index contributed by atoms with van der Waals surface area (Å²) < 4.78 is 5.17. The lowest BCUT2D eigenvalue weighted by atomic mass is 9.66. The molecule has 0 aromatic rings. The maximum Gasteiger partial charge on any atom is 0.0616 e. The average Bonchev–Trinajstić information content (AvgIpc) is 2.29. The highest BCUT2D eigenvalue weighted by Crippen LogP contribution is 2.43. The van der Waals surface area contributed by atoms with E-state index in [0.29, 0.717) is 0 Å². The quantitative estimate of drug-likeness (QED) is 0.778. The first kappa shape index (κ1) is 11.4. The minimum atomic E-state index is 0.276. The van der Waals surface area contributed by atoms with Crippen LogP contribution in [0.2, 0.25) is 0 Å². The van der Waals surface area contributed by atoms with Gasteiger partial charge in [-0.3, -0.25) is 0 Å². The van der Waals surface area contributed by atoms with E-state index in [1.54, 1.807) is 7.11 Å². The van der Waals surface area contributed by atoms with Crippen molar-refractivity contribution in [1.29, 1.82) is 0 Å². The second-order valence-corrected chi connectivity index (χ2v) is 5.50. The Morgan fingerprint density at radius 1 is 1.13 bits per heavy atom. The molecule has 2 heteroatoms. The fourth-order valence-corrected chi connectivity index (χ4v) is 3.63. The Labute approximate surface area is 93.6 Å². The zero-order valence-corrected chi connectivity index (χ0v) is 9.95. The molecule has 0 amide bonds. The van der Waals surface area contributed by atoms with Crippen LogP contribution in [0.25, 0.3) is 0 Å². The van der Waals surface area contributed by atoms with Gasteiger partial charge in [-0.1, -0.05) is 25.7 Å². The standard InChI is InChI=1S/C13H25NO/c1-15-9-13(14)12-7-6-10-4-2-3-5-11(10)8-12/h10-13H,2-9,14H2,1H3. The van der Waals surface area contributed by atoms with Crippen LogP contribution in [0, 0.1) is 17.8 Å². The Bertz CT molecular complexity index is 195. The van der Waals surface area contributed by atoms with Crippen LogP contribution in [0.1, 0.15) is 44.9 Å². The normalized spacial score (nSPS) is 38.4. The van der Waals surface area contributed by atoms with Gasteiger partial charge in [-0.25, -0.2) is 0 Å². The zero-order valence-electron chi connectivity index (χ0n) is 9.95. The second-order valence-electron chi connectivity index (χ2n) is 5.50. The van der Waals surface area contributed by atoms with E-state index in [4.69, 9.17) is 10.5 Å². The molecule has 2 N–H and O–H groups in total. The van der Waals surface area contributed by atoms with Crippen molar-refractivity contribution in [3.8, 4) is 0 Å². The highest BCUT2D eigenvalue weighted by Gasteiger charge is 2.34. The summed E-state index contributed by atoms with van der Waals surface area (Å²) in [7, 11) is 1.76. The minimum Gasteiger partial charge on any atom is -0.383 e. The van der Waals surface area contributed by atoms with E-state index in [2.05, 4.69) is 0 Å². The molecule has 0 saturated heterocycles. The SMILES string of the molecule is COCC(N)C1CCC2CCCCC2C1. The maximum atomic E-state index is 6.16. The van der Waals surface area contributed by atoms with Crippen LogP contribution < -0.4 is 5.73 Å². The summed E-state index contributed by atoms with van der Waals surface area (Å²) in [6, 6.07) is 0.276. The van der Waals surface area contributed by atoms with Crippen molar-refractivity contribution >= 4 is 0 Å². The smallest absolute Gasteiger partial charge is 0.0616 e. The summed E-state index contributed by atoms with van der Waals surface area (Å²) in [4.78, 5) is 0. The van der Waals surface area contributed by atoms with Crippen molar-refractivity contribution in [3.63, 3.8) is 0 Å². The lowest BCUT2D eigenvalue weighted by molar-refractivity contribution is 0.0872. The Morgan fingerprint density at radius 3 is 2.60 bits per heavy atom. The van der Waals surface area contributed by atoms with E-state index in [9.17, 15) is 0 Å². The number of rotatable bonds is 3. The van der Waals surface area contributed by atoms with Gasteiger partial charge in [0.2, 0.25) is 0 Å². The van der Waals surface area contributed by atoms with Gasteiger partial charge >= 0.3 is 0 Å². The van der Waals surface area contributed by atoms with Gasteiger partial charge in [-0.05, 0) is 37.0 Å². The van der Waals surface area contributed by atoms with Gasteiger partial charge in [-0.15, -0.1) is 0 Å². The summed E-state index contributed by atoms with van der Waals surface area (Å²) in [6.07, 6.45) is 9.99. The van der Waals surface area contributed by atoms with Crippen LogP contribution in [0.3, 0.4) is 0 Å². The van der Waals surface area contributed by atoms with Crippen molar-refractivity contribution in [1.82, 2.24) is 0 Å². The molecule has 2 aliphatic rings. The first-order valence-corrected chi connectivity index (χ1v) is 6.55. The monoisotopic (exact) mass is 211 g/mol. The molecule has 2 nitrogen and oxygen atoms in total. The van der Waals surface area contributed by atoms with E-state index in [0.717, 1.165) is 24.4 Å². The molecule has 0 aliphatic heterocycles. The van der Waals surface area contributed by atoms with Crippen LogP contribution in [-0.4, -0.2) is 19.8 Å². The van der Waals surface area contributed by atoms with Crippen LogP contribution >= 0.6 is 0 Å². The van der Waals surface area contributed by atoms with Crippen molar-refractivity contribution in [2.75, 3.05) is 13.7 Å². The van der Waals surface area contributed by atoms with Crippen molar-refractivity contribution in [2.45, 2.75) is 51.0 Å². The van der Waals surface area contributed by atoms with Crippen LogP contribution in [0.5, 0.6) is 0 Å². The molecule has 2 fully saturated rings. The molecule has 88 valence electrons. The predicted molar refractivity (Wildman–Crippen MR) is 62.6 cm³/mol. The summed E-state index contributed by atoms with van der Waals surface area (Å²) in [5.41, 5.74) is 6.16. The van der Waals surface area contributed by atoms with Crippen LogP contribution in [0.15, 0.2) is 0 Å². The van der Waals surface area contributed by atoms with E-state index < -0.39 is 0 Å². The lowest BCUT2D eigenvalue weighted by Gasteiger charge is -2.41. The molecular weight excluding hydrogens is 186 g/mol. The van der Waals surface area contributed by atoms with Gasteiger partial charge in [-0.2, -0.15) is 0 Å². The topological polar surface area (TPSA) is 35.2 Å². The van der Waals surface area contributed by atoms with E-state index in [-0.39, 0.29) is 6.04 Å². The molecule has 2 rings (SSSR count). The summed E-state index contributed by atoms with van der Waals surface area (Å²) in [5, 5.41) is 0. The average molecular weight is 211 g/mol. The largest absolute Gasteiger partial charge is 0.383 e. The van der Waals surface area contributed by atoms with Crippen molar-refractivity contribution in [3.05, 3.63) is 0 Å². The van der Waals surface area contributed by atoms with E-state index in [1.165, 1.54) is 44.9 Å². The van der Waals surface area contributed by atoms with Gasteiger partial charge in [0.15, 0.2) is 0 Å². The first-order chi connectivity index (χ1) is 7.31. The molecule has 0 heterocycles. The third-order valence-electron chi connectivity index (χ3n) is 4.54. The fourth-order valence-electron chi connectivity index (χ4n) is 3.63. The molecule has 4 unspecified atom stereocenters. The Balaban J connectivity index is 1.85. The molecule has 2 aliphatic carbocycles. The van der Waals surface area contributed by atoms with Crippen molar-refractivity contribution in [2.24, 2.45) is 23.5 Å². The zero-order chi connectivity index (χ0) is 10.7. The number of ether oxygens (including phenoxy) is 1. The number of fused-ring (bicyclic) bond motifs is 1. The molecule has 2 saturated carbocycles. The van der Waals surface area contributed by atoms with Gasteiger partial charge in [0.25, 0.3) is 0 Å². The molecular formula is C13H25NO.